The van der Waals surface area contributed by atoms with Gasteiger partial charge < -0.3 is 25.0 Å². The molecule has 7 nitrogen and oxygen atoms in total. The number of hydrogen-bond acceptors (Lipinski definition) is 5. The summed E-state index contributed by atoms with van der Waals surface area (Å²) in [6, 6.07) is 14.3. The standard InChI is InChI=1S/C26H25Cl2NO6/c1-34-21-13-16(10-11-30)14-22(35-2)23(21)17-8-6-15(7-9-17)12-20(26(32)33)29-25(31)24-18(27)4-3-5-19(24)28/h3-9,13-14,20,30H,10-12H2,1-2H3,(H,29,31)(H,32,33)/t20-/m0/s1. The summed E-state index contributed by atoms with van der Waals surface area (Å²) in [4.78, 5) is 24.5. The summed E-state index contributed by atoms with van der Waals surface area (Å²) < 4.78 is 11.1. The third-order valence-electron chi connectivity index (χ3n) is 5.44. The van der Waals surface area contributed by atoms with Gasteiger partial charge in [-0.2, -0.15) is 0 Å². The maximum atomic E-state index is 12.7. The molecule has 0 bridgehead atoms. The van der Waals surface area contributed by atoms with Crippen LogP contribution in [-0.4, -0.2) is 49.0 Å². The minimum Gasteiger partial charge on any atom is -0.496 e. The Hall–Kier alpha value is -3.26. The van der Waals surface area contributed by atoms with Crippen LogP contribution in [0.2, 0.25) is 10.0 Å². The van der Waals surface area contributed by atoms with Gasteiger partial charge in [0.2, 0.25) is 0 Å². The average molecular weight is 518 g/mol. The first-order valence-corrected chi connectivity index (χ1v) is 11.5. The van der Waals surface area contributed by atoms with Gasteiger partial charge in [-0.25, -0.2) is 4.79 Å². The van der Waals surface area contributed by atoms with Gasteiger partial charge in [-0.15, -0.1) is 0 Å². The number of aliphatic hydroxyl groups excluding tert-OH is 1. The molecule has 3 N–H and O–H groups in total. The van der Waals surface area contributed by atoms with Gasteiger partial charge in [-0.1, -0.05) is 53.5 Å². The van der Waals surface area contributed by atoms with Crippen LogP contribution in [0.4, 0.5) is 0 Å². The fraction of sp³-hybridized carbons (Fsp3) is 0.231. The Morgan fingerprint density at radius 3 is 2.00 bits per heavy atom. The highest BCUT2D eigenvalue weighted by molar-refractivity contribution is 6.39. The number of benzene rings is 3. The van der Waals surface area contributed by atoms with Crippen LogP contribution in [0.25, 0.3) is 11.1 Å². The van der Waals surface area contributed by atoms with Crippen molar-refractivity contribution in [3.05, 3.63) is 81.3 Å². The molecule has 0 aliphatic rings. The van der Waals surface area contributed by atoms with E-state index in [4.69, 9.17) is 32.7 Å². The third-order valence-corrected chi connectivity index (χ3v) is 6.07. The molecule has 0 saturated carbocycles. The molecule has 0 radical (unpaired) electrons. The van der Waals surface area contributed by atoms with Crippen molar-refractivity contribution in [1.82, 2.24) is 5.32 Å². The van der Waals surface area contributed by atoms with Crippen molar-refractivity contribution in [2.24, 2.45) is 0 Å². The molecule has 35 heavy (non-hydrogen) atoms. The van der Waals surface area contributed by atoms with E-state index in [9.17, 15) is 19.8 Å². The summed E-state index contributed by atoms with van der Waals surface area (Å²) in [6.45, 7) is 0.00428. The second kappa shape index (κ2) is 11.9. The average Bonchev–Trinajstić information content (AvgIpc) is 2.83. The van der Waals surface area contributed by atoms with Crippen molar-refractivity contribution < 1.29 is 29.3 Å². The molecule has 0 aliphatic carbocycles. The van der Waals surface area contributed by atoms with Gasteiger partial charge in [0.15, 0.2) is 0 Å². The Kier molecular flexibility index (Phi) is 8.98. The molecule has 184 valence electrons. The zero-order chi connectivity index (χ0) is 25.5. The third kappa shape index (κ3) is 6.25. The number of rotatable bonds is 10. The number of carboxylic acids is 1. The monoisotopic (exact) mass is 517 g/mol. The van der Waals surface area contributed by atoms with Gasteiger partial charge in [0.1, 0.15) is 17.5 Å². The second-order valence-electron chi connectivity index (χ2n) is 7.71. The Balaban J connectivity index is 1.84. The molecule has 9 heteroatoms. The Labute approximate surface area is 213 Å². The topological polar surface area (TPSA) is 105 Å². The first kappa shape index (κ1) is 26.3. The molecule has 0 heterocycles. The molecule has 1 atom stereocenters. The molecule has 1 amide bonds. The lowest BCUT2D eigenvalue weighted by Gasteiger charge is -2.17. The normalized spacial score (nSPS) is 11.6. The molecular formula is C26H25Cl2NO6. The van der Waals surface area contributed by atoms with E-state index in [2.05, 4.69) is 5.32 Å². The zero-order valence-electron chi connectivity index (χ0n) is 19.2. The molecule has 0 aliphatic heterocycles. The number of ether oxygens (including phenoxy) is 2. The summed E-state index contributed by atoms with van der Waals surface area (Å²) in [5, 5.41) is 21.7. The minimum atomic E-state index is -1.19. The largest absolute Gasteiger partial charge is 0.496 e. The first-order valence-electron chi connectivity index (χ1n) is 10.7. The zero-order valence-corrected chi connectivity index (χ0v) is 20.7. The highest BCUT2D eigenvalue weighted by Gasteiger charge is 2.24. The maximum Gasteiger partial charge on any atom is 0.326 e. The number of hydrogen-bond donors (Lipinski definition) is 3. The number of amides is 1. The Morgan fingerprint density at radius 2 is 1.51 bits per heavy atom. The van der Waals surface area contributed by atoms with Crippen molar-refractivity contribution >= 4 is 35.1 Å². The van der Waals surface area contributed by atoms with E-state index >= 15 is 0 Å². The Morgan fingerprint density at radius 1 is 0.943 bits per heavy atom. The summed E-state index contributed by atoms with van der Waals surface area (Å²) in [5.41, 5.74) is 3.14. The summed E-state index contributed by atoms with van der Waals surface area (Å²) >= 11 is 12.1. The van der Waals surface area contributed by atoms with Crippen LogP contribution >= 0.6 is 23.2 Å². The van der Waals surface area contributed by atoms with E-state index < -0.39 is 17.9 Å². The summed E-state index contributed by atoms with van der Waals surface area (Å²) in [5.74, 6) is -0.670. The van der Waals surface area contributed by atoms with Crippen LogP contribution in [0, 0.1) is 0 Å². The molecular weight excluding hydrogens is 493 g/mol. The highest BCUT2D eigenvalue weighted by atomic mass is 35.5. The van der Waals surface area contributed by atoms with E-state index in [-0.39, 0.29) is 28.6 Å². The fourth-order valence-electron chi connectivity index (χ4n) is 3.71. The van der Waals surface area contributed by atoms with Crippen molar-refractivity contribution in [2.45, 2.75) is 18.9 Å². The molecule has 0 saturated heterocycles. The van der Waals surface area contributed by atoms with Gasteiger partial charge in [-0.05, 0) is 47.4 Å². The predicted molar refractivity (Wildman–Crippen MR) is 135 cm³/mol. The molecule has 0 spiro atoms. The van der Waals surface area contributed by atoms with E-state index in [0.29, 0.717) is 23.5 Å². The molecule has 0 unspecified atom stereocenters. The van der Waals surface area contributed by atoms with Gasteiger partial charge in [0, 0.05) is 13.0 Å². The molecule has 3 rings (SSSR count). The second-order valence-corrected chi connectivity index (χ2v) is 8.53. The van der Waals surface area contributed by atoms with E-state index in [1.165, 1.54) is 12.1 Å². The smallest absolute Gasteiger partial charge is 0.326 e. The molecule has 3 aromatic carbocycles. The van der Waals surface area contributed by atoms with Crippen LogP contribution in [0.15, 0.2) is 54.6 Å². The van der Waals surface area contributed by atoms with Crippen LogP contribution in [-0.2, 0) is 17.6 Å². The van der Waals surface area contributed by atoms with Crippen molar-refractivity contribution in [3.8, 4) is 22.6 Å². The van der Waals surface area contributed by atoms with Gasteiger partial charge >= 0.3 is 5.97 Å². The predicted octanol–water partition coefficient (Wildman–Crippen LogP) is 4.64. The summed E-state index contributed by atoms with van der Waals surface area (Å²) in [7, 11) is 3.11. The number of methoxy groups -OCH3 is 2. The fourth-order valence-corrected chi connectivity index (χ4v) is 4.28. The van der Waals surface area contributed by atoms with E-state index in [1.807, 2.05) is 24.3 Å². The molecule has 0 aromatic heterocycles. The van der Waals surface area contributed by atoms with Crippen molar-refractivity contribution in [1.29, 1.82) is 0 Å². The number of carbonyl (C=O) groups is 2. The maximum absolute atomic E-state index is 12.7. The van der Waals surface area contributed by atoms with Gasteiger partial charge in [0.05, 0.1) is 35.4 Å². The lowest BCUT2D eigenvalue weighted by molar-refractivity contribution is -0.139. The number of carboxylic acid groups (broad SMARTS) is 1. The van der Waals surface area contributed by atoms with Crippen LogP contribution in [0.1, 0.15) is 21.5 Å². The number of aliphatic hydroxyl groups is 1. The van der Waals surface area contributed by atoms with Crippen LogP contribution in [0.5, 0.6) is 11.5 Å². The molecule has 3 aromatic rings. The first-order chi connectivity index (χ1) is 16.8. The highest BCUT2D eigenvalue weighted by Crippen LogP contribution is 2.40. The minimum absolute atomic E-state index is 0.00428. The number of carbonyl (C=O) groups excluding carboxylic acids is 1. The molecule has 0 fully saturated rings. The van der Waals surface area contributed by atoms with Gasteiger partial charge in [-0.3, -0.25) is 4.79 Å². The van der Waals surface area contributed by atoms with Crippen molar-refractivity contribution in [3.63, 3.8) is 0 Å². The SMILES string of the molecule is COc1cc(CCO)cc(OC)c1-c1ccc(C[C@H](NC(=O)c2c(Cl)cccc2Cl)C(=O)O)cc1. The summed E-state index contributed by atoms with van der Waals surface area (Å²) in [6.07, 6.45) is 0.515. The van der Waals surface area contributed by atoms with Crippen LogP contribution in [0.3, 0.4) is 0 Å². The number of nitrogens with one attached hydrogen (secondary N) is 1. The Bertz CT molecular complexity index is 1170. The lowest BCUT2D eigenvalue weighted by atomic mass is 9.97. The lowest BCUT2D eigenvalue weighted by Crippen LogP contribution is -2.42. The number of halogens is 2. The van der Waals surface area contributed by atoms with Gasteiger partial charge in [0.25, 0.3) is 5.91 Å². The quantitative estimate of drug-likeness (QED) is 0.361. The van der Waals surface area contributed by atoms with E-state index in [1.54, 1.807) is 32.4 Å². The van der Waals surface area contributed by atoms with E-state index in [0.717, 1.165) is 16.7 Å². The van der Waals surface area contributed by atoms with Crippen molar-refractivity contribution in [2.75, 3.05) is 20.8 Å². The number of aliphatic carboxylic acids is 1. The van der Waals surface area contributed by atoms with Crippen LogP contribution < -0.4 is 14.8 Å².